The number of benzene rings is 3. The lowest BCUT2D eigenvalue weighted by molar-refractivity contribution is 0.0940. The van der Waals surface area contributed by atoms with Crippen molar-refractivity contribution < 1.29 is 9.53 Å². The van der Waals surface area contributed by atoms with Gasteiger partial charge < -0.3 is 10.1 Å². The summed E-state index contributed by atoms with van der Waals surface area (Å²) in [5.41, 5.74) is 6.28. The van der Waals surface area contributed by atoms with Crippen molar-refractivity contribution in [3.05, 3.63) is 89.0 Å². The van der Waals surface area contributed by atoms with Crippen LogP contribution in [0.2, 0.25) is 0 Å². The van der Waals surface area contributed by atoms with Crippen molar-refractivity contribution in [2.75, 3.05) is 7.11 Å². The first-order valence-corrected chi connectivity index (χ1v) is 10.1. The molecule has 3 rings (SSSR count). The van der Waals surface area contributed by atoms with Gasteiger partial charge in [-0.25, -0.2) is 0 Å². The van der Waals surface area contributed by atoms with Crippen molar-refractivity contribution in [1.82, 2.24) is 5.32 Å². The Morgan fingerprint density at radius 2 is 1.48 bits per heavy atom. The van der Waals surface area contributed by atoms with Crippen molar-refractivity contribution in [3.63, 3.8) is 0 Å². The molecule has 0 fully saturated rings. The summed E-state index contributed by atoms with van der Waals surface area (Å²) in [5.74, 6) is 1.17. The summed E-state index contributed by atoms with van der Waals surface area (Å²) in [7, 11) is 1.70. The monoisotopic (exact) mass is 387 g/mol. The Balaban J connectivity index is 1.78. The van der Waals surface area contributed by atoms with Crippen LogP contribution >= 0.6 is 0 Å². The van der Waals surface area contributed by atoms with E-state index in [0.29, 0.717) is 11.5 Å². The number of aryl methyl sites for hydroxylation is 1. The third kappa shape index (κ3) is 4.68. The van der Waals surface area contributed by atoms with Crippen molar-refractivity contribution >= 4 is 5.91 Å². The van der Waals surface area contributed by atoms with Gasteiger partial charge in [0.2, 0.25) is 0 Å². The normalized spacial score (nSPS) is 11.9. The highest BCUT2D eigenvalue weighted by Gasteiger charge is 2.17. The lowest BCUT2D eigenvalue weighted by Gasteiger charge is -2.21. The Morgan fingerprint density at radius 3 is 2.07 bits per heavy atom. The van der Waals surface area contributed by atoms with Crippen LogP contribution in [0, 0.1) is 6.92 Å². The minimum Gasteiger partial charge on any atom is -0.496 e. The zero-order valence-corrected chi connectivity index (χ0v) is 17.8. The fourth-order valence-corrected chi connectivity index (χ4v) is 3.61. The maximum absolute atomic E-state index is 12.8. The first-order valence-electron chi connectivity index (χ1n) is 10.1. The maximum Gasteiger partial charge on any atom is 0.251 e. The van der Waals surface area contributed by atoms with Crippen LogP contribution in [0.4, 0.5) is 0 Å². The van der Waals surface area contributed by atoms with Crippen LogP contribution in [-0.4, -0.2) is 13.0 Å². The largest absolute Gasteiger partial charge is 0.496 e. The lowest BCUT2D eigenvalue weighted by atomic mass is 9.93. The highest BCUT2D eigenvalue weighted by atomic mass is 16.5. The van der Waals surface area contributed by atoms with E-state index in [0.717, 1.165) is 33.6 Å². The summed E-state index contributed by atoms with van der Waals surface area (Å²) >= 11 is 0. The molecule has 0 aromatic heterocycles. The van der Waals surface area contributed by atoms with Gasteiger partial charge in [0, 0.05) is 5.56 Å². The third-order valence-electron chi connectivity index (χ3n) is 5.31. The van der Waals surface area contributed by atoms with Gasteiger partial charge in [0.1, 0.15) is 5.75 Å². The molecular formula is C26H29NO2. The van der Waals surface area contributed by atoms with Crippen LogP contribution in [0.25, 0.3) is 11.1 Å². The smallest absolute Gasteiger partial charge is 0.251 e. The molecule has 1 unspecified atom stereocenters. The predicted octanol–water partition coefficient (Wildman–Crippen LogP) is 6.29. The van der Waals surface area contributed by atoms with E-state index in [1.165, 1.54) is 0 Å². The topological polar surface area (TPSA) is 38.3 Å². The average Bonchev–Trinajstić information content (AvgIpc) is 2.73. The van der Waals surface area contributed by atoms with E-state index >= 15 is 0 Å². The number of carbonyl (C=O) groups is 1. The van der Waals surface area contributed by atoms with Gasteiger partial charge in [-0.05, 0) is 71.8 Å². The minimum absolute atomic E-state index is 0.0709. The zero-order chi connectivity index (χ0) is 21.0. The van der Waals surface area contributed by atoms with Crippen LogP contribution in [-0.2, 0) is 0 Å². The maximum atomic E-state index is 12.8. The Bertz CT molecular complexity index is 976. The van der Waals surface area contributed by atoms with Crippen LogP contribution in [0.15, 0.2) is 66.7 Å². The van der Waals surface area contributed by atoms with Gasteiger partial charge in [-0.2, -0.15) is 0 Å². The number of hydrogen-bond acceptors (Lipinski definition) is 2. The second kappa shape index (κ2) is 8.95. The molecule has 1 atom stereocenters. The van der Waals surface area contributed by atoms with Crippen molar-refractivity contribution in [2.24, 2.45) is 0 Å². The third-order valence-corrected chi connectivity index (χ3v) is 5.31. The van der Waals surface area contributed by atoms with Crippen LogP contribution in [0.1, 0.15) is 59.8 Å². The molecule has 29 heavy (non-hydrogen) atoms. The van der Waals surface area contributed by atoms with Crippen LogP contribution in [0.5, 0.6) is 5.75 Å². The summed E-state index contributed by atoms with van der Waals surface area (Å²) in [6, 6.07) is 22.0. The van der Waals surface area contributed by atoms with E-state index in [2.05, 4.69) is 50.4 Å². The van der Waals surface area contributed by atoms with Gasteiger partial charge >= 0.3 is 0 Å². The molecule has 0 radical (unpaired) electrons. The molecule has 1 amide bonds. The Hall–Kier alpha value is -3.07. The molecule has 3 aromatic rings. The number of carbonyl (C=O) groups excluding carboxylic acids is 1. The predicted molar refractivity (Wildman–Crippen MR) is 120 cm³/mol. The molecule has 0 saturated heterocycles. The number of rotatable bonds is 6. The first kappa shape index (κ1) is 20.7. The molecule has 3 heteroatoms. The quantitative estimate of drug-likeness (QED) is 0.540. The molecule has 3 nitrogen and oxygen atoms in total. The van der Waals surface area contributed by atoms with Gasteiger partial charge in [-0.15, -0.1) is 0 Å². The molecule has 1 N–H and O–H groups in total. The van der Waals surface area contributed by atoms with Gasteiger partial charge in [0.25, 0.3) is 5.91 Å². The highest BCUT2D eigenvalue weighted by molar-refractivity contribution is 5.95. The van der Waals surface area contributed by atoms with E-state index in [9.17, 15) is 4.79 Å². The van der Waals surface area contributed by atoms with E-state index < -0.39 is 0 Å². The molecule has 0 aliphatic carbocycles. The van der Waals surface area contributed by atoms with Gasteiger partial charge in [0.05, 0.1) is 13.2 Å². The van der Waals surface area contributed by atoms with E-state index in [1.54, 1.807) is 7.11 Å². The molecule has 0 aliphatic heterocycles. The van der Waals surface area contributed by atoms with Gasteiger partial charge in [-0.3, -0.25) is 4.79 Å². The molecule has 150 valence electrons. The van der Waals surface area contributed by atoms with Gasteiger partial charge in [-0.1, -0.05) is 56.3 Å². The van der Waals surface area contributed by atoms with Crippen LogP contribution in [0.3, 0.4) is 0 Å². The van der Waals surface area contributed by atoms with Crippen molar-refractivity contribution in [2.45, 2.75) is 39.7 Å². The fourth-order valence-electron chi connectivity index (χ4n) is 3.61. The number of ether oxygens (including phenoxy) is 1. The average molecular weight is 388 g/mol. The standard InChI is InChI=1S/C26H29NO2/c1-17(2)23-16-24(18(3)15-25(23)29-5)19(4)27-26(28)22-13-11-21(12-14-22)20-9-7-6-8-10-20/h6-17,19H,1-5H3,(H,27,28). The minimum atomic E-state index is -0.0975. The zero-order valence-electron chi connectivity index (χ0n) is 17.8. The molecule has 3 aromatic carbocycles. The summed E-state index contributed by atoms with van der Waals surface area (Å²) < 4.78 is 5.53. The fraction of sp³-hybridized carbons (Fsp3) is 0.269. The number of nitrogens with one attached hydrogen (secondary N) is 1. The summed E-state index contributed by atoms with van der Waals surface area (Å²) in [6.45, 7) is 8.37. The van der Waals surface area contributed by atoms with E-state index in [1.807, 2.05) is 49.4 Å². The van der Waals surface area contributed by atoms with E-state index in [-0.39, 0.29) is 11.9 Å². The second-order valence-corrected chi connectivity index (χ2v) is 7.74. The summed E-state index contributed by atoms with van der Waals surface area (Å²) in [5, 5.41) is 3.14. The summed E-state index contributed by atoms with van der Waals surface area (Å²) in [6.07, 6.45) is 0. The lowest BCUT2D eigenvalue weighted by Crippen LogP contribution is -2.27. The molecule has 0 aliphatic rings. The Labute approximate surface area is 173 Å². The molecule has 0 bridgehead atoms. The molecule has 0 saturated carbocycles. The molecule has 0 spiro atoms. The first-order chi connectivity index (χ1) is 13.9. The number of amides is 1. The second-order valence-electron chi connectivity index (χ2n) is 7.74. The van der Waals surface area contributed by atoms with E-state index in [4.69, 9.17) is 4.74 Å². The van der Waals surface area contributed by atoms with Gasteiger partial charge in [0.15, 0.2) is 0 Å². The number of hydrogen-bond donors (Lipinski definition) is 1. The molecule has 0 heterocycles. The Morgan fingerprint density at radius 1 is 0.862 bits per heavy atom. The van der Waals surface area contributed by atoms with Crippen molar-refractivity contribution in [3.8, 4) is 16.9 Å². The van der Waals surface area contributed by atoms with Crippen molar-refractivity contribution in [1.29, 1.82) is 0 Å². The highest BCUT2D eigenvalue weighted by Crippen LogP contribution is 2.32. The Kier molecular flexibility index (Phi) is 6.38. The number of methoxy groups -OCH3 is 1. The SMILES string of the molecule is COc1cc(C)c(C(C)NC(=O)c2ccc(-c3ccccc3)cc2)cc1C(C)C. The molecular weight excluding hydrogens is 358 g/mol. The van der Waals surface area contributed by atoms with Crippen LogP contribution < -0.4 is 10.1 Å². The summed E-state index contributed by atoms with van der Waals surface area (Å²) in [4.78, 5) is 12.8.